The summed E-state index contributed by atoms with van der Waals surface area (Å²) in [6.45, 7) is 1.66. The topological polar surface area (TPSA) is 78.3 Å². The molecule has 0 spiro atoms. The quantitative estimate of drug-likeness (QED) is 0.826. The standard InChI is InChI=1S/C13H18N2O2/c1-8(13(15)16)17-12-7-3-4-9-10(12)5-2-6-11(9)14/h3-4,7-8,11H,2,5-6,14H2,1H3,(H2,15,16). The van der Waals surface area contributed by atoms with Crippen molar-refractivity contribution in [1.29, 1.82) is 0 Å². The van der Waals surface area contributed by atoms with E-state index in [0.717, 1.165) is 36.1 Å². The van der Waals surface area contributed by atoms with Gasteiger partial charge in [-0.3, -0.25) is 4.79 Å². The number of hydrogen-bond acceptors (Lipinski definition) is 3. The summed E-state index contributed by atoms with van der Waals surface area (Å²) in [5.41, 5.74) is 13.5. The molecule has 0 saturated heterocycles. The molecule has 0 bridgehead atoms. The van der Waals surface area contributed by atoms with Gasteiger partial charge in [0.15, 0.2) is 6.10 Å². The first-order valence-electron chi connectivity index (χ1n) is 5.93. The molecule has 4 N–H and O–H groups in total. The van der Waals surface area contributed by atoms with E-state index in [4.69, 9.17) is 16.2 Å². The Morgan fingerprint density at radius 2 is 2.29 bits per heavy atom. The van der Waals surface area contributed by atoms with Gasteiger partial charge < -0.3 is 16.2 Å². The van der Waals surface area contributed by atoms with Crippen molar-refractivity contribution in [1.82, 2.24) is 0 Å². The Morgan fingerprint density at radius 3 is 3.00 bits per heavy atom. The van der Waals surface area contributed by atoms with E-state index >= 15 is 0 Å². The number of rotatable bonds is 3. The van der Waals surface area contributed by atoms with Crippen LogP contribution in [0, 0.1) is 0 Å². The van der Waals surface area contributed by atoms with Crippen molar-refractivity contribution in [2.45, 2.75) is 38.3 Å². The number of benzene rings is 1. The van der Waals surface area contributed by atoms with Crippen LogP contribution >= 0.6 is 0 Å². The Hall–Kier alpha value is -1.55. The minimum absolute atomic E-state index is 0.0752. The molecule has 92 valence electrons. The molecule has 2 atom stereocenters. The van der Waals surface area contributed by atoms with E-state index in [9.17, 15) is 4.79 Å². The lowest BCUT2D eigenvalue weighted by Gasteiger charge is -2.25. The highest BCUT2D eigenvalue weighted by atomic mass is 16.5. The van der Waals surface area contributed by atoms with Crippen molar-refractivity contribution in [3.8, 4) is 5.75 Å². The molecule has 4 heteroatoms. The predicted molar refractivity (Wildman–Crippen MR) is 65.6 cm³/mol. The van der Waals surface area contributed by atoms with Crippen molar-refractivity contribution in [3.63, 3.8) is 0 Å². The van der Waals surface area contributed by atoms with Crippen LogP contribution in [0.5, 0.6) is 5.75 Å². The van der Waals surface area contributed by atoms with Gasteiger partial charge in [-0.15, -0.1) is 0 Å². The highest BCUT2D eigenvalue weighted by Crippen LogP contribution is 2.34. The molecule has 0 fully saturated rings. The summed E-state index contributed by atoms with van der Waals surface area (Å²) in [7, 11) is 0. The molecule has 1 aromatic rings. The van der Waals surface area contributed by atoms with Crippen LogP contribution in [0.3, 0.4) is 0 Å². The van der Waals surface area contributed by atoms with Gasteiger partial charge in [-0.05, 0) is 43.4 Å². The molecule has 0 aromatic heterocycles. The van der Waals surface area contributed by atoms with E-state index in [1.165, 1.54) is 0 Å². The van der Waals surface area contributed by atoms with Crippen LogP contribution in [-0.2, 0) is 11.2 Å². The summed E-state index contributed by atoms with van der Waals surface area (Å²) in [6, 6.07) is 5.89. The number of primary amides is 1. The summed E-state index contributed by atoms with van der Waals surface area (Å²) in [5, 5.41) is 0. The van der Waals surface area contributed by atoms with Crippen LogP contribution in [0.2, 0.25) is 0 Å². The first-order chi connectivity index (χ1) is 8.09. The van der Waals surface area contributed by atoms with Crippen molar-refractivity contribution in [3.05, 3.63) is 29.3 Å². The summed E-state index contributed by atoms with van der Waals surface area (Å²) >= 11 is 0. The Labute approximate surface area is 101 Å². The lowest BCUT2D eigenvalue weighted by Crippen LogP contribution is -2.31. The summed E-state index contributed by atoms with van der Waals surface area (Å²) < 4.78 is 5.59. The fourth-order valence-corrected chi connectivity index (χ4v) is 2.21. The first kappa shape index (κ1) is 11.9. The Balaban J connectivity index is 2.29. The molecule has 17 heavy (non-hydrogen) atoms. The second-order valence-corrected chi connectivity index (χ2v) is 4.49. The second kappa shape index (κ2) is 4.75. The maximum absolute atomic E-state index is 11.0. The lowest BCUT2D eigenvalue weighted by atomic mass is 9.87. The molecule has 1 aliphatic carbocycles. The van der Waals surface area contributed by atoms with Gasteiger partial charge in [-0.1, -0.05) is 12.1 Å². The molecule has 2 unspecified atom stereocenters. The van der Waals surface area contributed by atoms with Gasteiger partial charge in [0.1, 0.15) is 5.75 Å². The fourth-order valence-electron chi connectivity index (χ4n) is 2.21. The maximum Gasteiger partial charge on any atom is 0.258 e. The zero-order valence-electron chi connectivity index (χ0n) is 9.98. The first-order valence-corrected chi connectivity index (χ1v) is 5.93. The summed E-state index contributed by atoms with van der Waals surface area (Å²) in [6.07, 6.45) is 2.39. The number of fused-ring (bicyclic) bond motifs is 1. The minimum atomic E-state index is -0.611. The van der Waals surface area contributed by atoms with Crippen molar-refractivity contribution in [2.75, 3.05) is 0 Å². The molecule has 4 nitrogen and oxygen atoms in total. The average Bonchev–Trinajstić information content (AvgIpc) is 2.30. The molecule has 1 aromatic carbocycles. The minimum Gasteiger partial charge on any atom is -0.481 e. The lowest BCUT2D eigenvalue weighted by molar-refractivity contribution is -0.124. The third kappa shape index (κ3) is 2.42. The number of ether oxygens (including phenoxy) is 1. The van der Waals surface area contributed by atoms with E-state index in [0.29, 0.717) is 0 Å². The number of carbonyl (C=O) groups is 1. The van der Waals surface area contributed by atoms with Gasteiger partial charge in [0.25, 0.3) is 5.91 Å². The Bertz CT molecular complexity index is 431. The van der Waals surface area contributed by atoms with Gasteiger partial charge in [0, 0.05) is 6.04 Å². The monoisotopic (exact) mass is 234 g/mol. The molecular formula is C13H18N2O2. The third-order valence-corrected chi connectivity index (χ3v) is 3.22. The van der Waals surface area contributed by atoms with E-state index in [-0.39, 0.29) is 6.04 Å². The molecular weight excluding hydrogens is 216 g/mol. The van der Waals surface area contributed by atoms with Crippen molar-refractivity contribution in [2.24, 2.45) is 11.5 Å². The highest BCUT2D eigenvalue weighted by Gasteiger charge is 2.21. The van der Waals surface area contributed by atoms with Gasteiger partial charge >= 0.3 is 0 Å². The van der Waals surface area contributed by atoms with E-state index in [1.54, 1.807) is 6.92 Å². The smallest absolute Gasteiger partial charge is 0.258 e. The maximum atomic E-state index is 11.0. The largest absolute Gasteiger partial charge is 0.481 e. The number of amides is 1. The molecule has 0 heterocycles. The highest BCUT2D eigenvalue weighted by molar-refractivity contribution is 5.78. The molecule has 0 radical (unpaired) electrons. The Kier molecular flexibility index (Phi) is 3.33. The molecule has 1 aliphatic rings. The average molecular weight is 234 g/mol. The second-order valence-electron chi connectivity index (χ2n) is 4.49. The zero-order valence-corrected chi connectivity index (χ0v) is 9.98. The number of nitrogens with two attached hydrogens (primary N) is 2. The third-order valence-electron chi connectivity index (χ3n) is 3.22. The van der Waals surface area contributed by atoms with Crippen LogP contribution in [0.15, 0.2) is 18.2 Å². The summed E-state index contributed by atoms with van der Waals surface area (Å²) in [4.78, 5) is 11.0. The van der Waals surface area contributed by atoms with E-state index in [1.807, 2.05) is 18.2 Å². The number of hydrogen-bond donors (Lipinski definition) is 2. The van der Waals surface area contributed by atoms with Crippen LogP contribution in [0.1, 0.15) is 36.9 Å². The molecule has 0 aliphatic heterocycles. The van der Waals surface area contributed by atoms with E-state index < -0.39 is 12.0 Å². The SMILES string of the molecule is CC(Oc1cccc2c1CCCC2N)C(N)=O. The van der Waals surface area contributed by atoms with Crippen LogP contribution in [0.25, 0.3) is 0 Å². The van der Waals surface area contributed by atoms with Gasteiger partial charge in [0.05, 0.1) is 0 Å². The van der Waals surface area contributed by atoms with Gasteiger partial charge in [0.2, 0.25) is 0 Å². The van der Waals surface area contributed by atoms with Gasteiger partial charge in [-0.25, -0.2) is 0 Å². The molecule has 1 amide bonds. The summed E-state index contributed by atoms with van der Waals surface area (Å²) in [5.74, 6) is 0.284. The molecule has 0 saturated carbocycles. The Morgan fingerprint density at radius 1 is 1.53 bits per heavy atom. The fraction of sp³-hybridized carbons (Fsp3) is 0.462. The van der Waals surface area contributed by atoms with E-state index in [2.05, 4.69) is 0 Å². The zero-order chi connectivity index (χ0) is 12.4. The molecule has 2 rings (SSSR count). The van der Waals surface area contributed by atoms with Gasteiger partial charge in [-0.2, -0.15) is 0 Å². The van der Waals surface area contributed by atoms with Crippen LogP contribution in [0.4, 0.5) is 0 Å². The van der Waals surface area contributed by atoms with Crippen molar-refractivity contribution < 1.29 is 9.53 Å². The van der Waals surface area contributed by atoms with Crippen LogP contribution < -0.4 is 16.2 Å². The normalized spacial score (nSPS) is 20.5. The van der Waals surface area contributed by atoms with Crippen molar-refractivity contribution >= 4 is 5.91 Å². The predicted octanol–water partition coefficient (Wildman–Crippen LogP) is 1.28. The number of carbonyl (C=O) groups excluding carboxylic acids is 1. The van der Waals surface area contributed by atoms with Crippen LogP contribution in [-0.4, -0.2) is 12.0 Å².